The third-order valence-electron chi connectivity index (χ3n) is 4.17. The van der Waals surface area contributed by atoms with Crippen LogP contribution in [-0.4, -0.2) is 25.9 Å². The van der Waals surface area contributed by atoms with Crippen LogP contribution in [0.1, 0.15) is 45.4 Å². The van der Waals surface area contributed by atoms with Crippen molar-refractivity contribution in [3.05, 3.63) is 22.6 Å². The second kappa shape index (κ2) is 5.64. The first-order chi connectivity index (χ1) is 9.76. The van der Waals surface area contributed by atoms with E-state index in [0.29, 0.717) is 11.7 Å². The van der Waals surface area contributed by atoms with Gasteiger partial charge in [0.1, 0.15) is 5.82 Å². The van der Waals surface area contributed by atoms with Crippen LogP contribution in [0.3, 0.4) is 0 Å². The molecule has 0 aliphatic heterocycles. The van der Waals surface area contributed by atoms with E-state index < -0.39 is 0 Å². The van der Waals surface area contributed by atoms with Crippen LogP contribution in [0.2, 0.25) is 0 Å². The number of H-pyrrole nitrogens is 1. The summed E-state index contributed by atoms with van der Waals surface area (Å²) in [6, 6.07) is 4.15. The third kappa shape index (κ3) is 2.69. The zero-order valence-corrected chi connectivity index (χ0v) is 11.8. The van der Waals surface area contributed by atoms with Gasteiger partial charge in [-0.1, -0.05) is 19.8 Å². The van der Waals surface area contributed by atoms with Crippen molar-refractivity contribution in [1.82, 2.24) is 19.8 Å². The molecule has 6 heteroatoms. The van der Waals surface area contributed by atoms with Crippen molar-refractivity contribution >= 4 is 11.5 Å². The average Bonchev–Trinajstić information content (AvgIpc) is 2.83. The maximum atomic E-state index is 11.5. The minimum atomic E-state index is -0.296. The number of hydrogen-bond donors (Lipinski definition) is 2. The summed E-state index contributed by atoms with van der Waals surface area (Å²) in [6.07, 6.45) is 7.58. The van der Waals surface area contributed by atoms with E-state index in [9.17, 15) is 4.79 Å². The smallest absolute Gasteiger partial charge is 0.364 e. The van der Waals surface area contributed by atoms with Gasteiger partial charge in [-0.3, -0.25) is 0 Å². The highest BCUT2D eigenvalue weighted by molar-refractivity contribution is 5.43. The van der Waals surface area contributed by atoms with E-state index in [2.05, 4.69) is 27.5 Å². The summed E-state index contributed by atoms with van der Waals surface area (Å²) in [4.78, 5) is 11.5. The van der Waals surface area contributed by atoms with Crippen LogP contribution in [0.5, 0.6) is 0 Å². The van der Waals surface area contributed by atoms with Crippen LogP contribution in [0.4, 0.5) is 5.82 Å². The second-order valence-corrected chi connectivity index (χ2v) is 5.67. The fraction of sp³-hybridized carbons (Fsp3) is 0.643. The van der Waals surface area contributed by atoms with Crippen molar-refractivity contribution in [3.8, 4) is 0 Å². The number of hydrogen-bond acceptors (Lipinski definition) is 4. The van der Waals surface area contributed by atoms with Gasteiger partial charge in [0.15, 0.2) is 5.65 Å². The van der Waals surface area contributed by atoms with E-state index in [0.717, 1.165) is 11.7 Å². The Kier molecular flexibility index (Phi) is 3.71. The van der Waals surface area contributed by atoms with Gasteiger partial charge in [-0.25, -0.2) is 9.89 Å². The minimum absolute atomic E-state index is 0.296. The SMILES string of the molecule is CCCC1CCC(Nc2ccc3n[nH]c(=O)n3n2)CC1. The predicted octanol–water partition coefficient (Wildman–Crippen LogP) is 2.19. The standard InChI is InChI=1S/C14H21N5O/c1-2-3-10-4-6-11(7-5-10)15-12-8-9-13-16-17-14(20)19(13)18-12/h8-11H,2-7H2,1H3,(H,15,18)(H,17,20). The zero-order chi connectivity index (χ0) is 13.9. The molecule has 0 saturated heterocycles. The Morgan fingerprint density at radius 2 is 2.15 bits per heavy atom. The molecule has 0 amide bonds. The number of aromatic amines is 1. The molecule has 2 aromatic rings. The summed E-state index contributed by atoms with van der Waals surface area (Å²) < 4.78 is 1.30. The van der Waals surface area contributed by atoms with E-state index in [-0.39, 0.29) is 5.69 Å². The molecule has 3 rings (SSSR count). The Morgan fingerprint density at radius 1 is 1.35 bits per heavy atom. The first kappa shape index (κ1) is 13.1. The van der Waals surface area contributed by atoms with Crippen LogP contribution >= 0.6 is 0 Å². The van der Waals surface area contributed by atoms with Gasteiger partial charge in [0.25, 0.3) is 0 Å². The Labute approximate surface area is 117 Å². The topological polar surface area (TPSA) is 75.1 Å². The van der Waals surface area contributed by atoms with Gasteiger partial charge in [-0.05, 0) is 43.7 Å². The first-order valence-electron chi connectivity index (χ1n) is 7.47. The van der Waals surface area contributed by atoms with Gasteiger partial charge >= 0.3 is 5.69 Å². The highest BCUT2D eigenvalue weighted by Crippen LogP contribution is 2.29. The third-order valence-corrected chi connectivity index (χ3v) is 4.17. The van der Waals surface area contributed by atoms with Crippen molar-refractivity contribution in [2.75, 3.05) is 5.32 Å². The molecule has 108 valence electrons. The number of rotatable bonds is 4. The molecule has 0 unspecified atom stereocenters. The van der Waals surface area contributed by atoms with E-state index in [1.54, 1.807) is 6.07 Å². The average molecular weight is 275 g/mol. The second-order valence-electron chi connectivity index (χ2n) is 5.67. The Hall–Kier alpha value is -1.85. The first-order valence-corrected chi connectivity index (χ1v) is 7.47. The number of fused-ring (bicyclic) bond motifs is 1. The fourth-order valence-electron chi connectivity index (χ4n) is 3.09. The van der Waals surface area contributed by atoms with Crippen molar-refractivity contribution in [2.24, 2.45) is 5.92 Å². The van der Waals surface area contributed by atoms with Crippen molar-refractivity contribution < 1.29 is 0 Å². The van der Waals surface area contributed by atoms with Gasteiger partial charge in [-0.15, -0.1) is 5.10 Å². The highest BCUT2D eigenvalue weighted by atomic mass is 16.2. The van der Waals surface area contributed by atoms with Gasteiger partial charge in [-0.2, -0.15) is 9.61 Å². The van der Waals surface area contributed by atoms with Crippen LogP contribution in [0.15, 0.2) is 16.9 Å². The molecule has 6 nitrogen and oxygen atoms in total. The molecule has 1 saturated carbocycles. The van der Waals surface area contributed by atoms with Gasteiger partial charge in [0.05, 0.1) is 0 Å². The lowest BCUT2D eigenvalue weighted by atomic mass is 9.83. The Morgan fingerprint density at radius 3 is 2.90 bits per heavy atom. The lowest BCUT2D eigenvalue weighted by Crippen LogP contribution is -2.27. The van der Waals surface area contributed by atoms with E-state index in [4.69, 9.17) is 0 Å². The maximum Gasteiger partial charge on any atom is 0.364 e. The van der Waals surface area contributed by atoms with Gasteiger partial charge in [0, 0.05) is 6.04 Å². The molecule has 2 N–H and O–H groups in total. The molecule has 1 aliphatic rings. The summed E-state index contributed by atoms with van der Waals surface area (Å²) >= 11 is 0. The number of anilines is 1. The minimum Gasteiger partial charge on any atom is -0.366 e. The molecular weight excluding hydrogens is 254 g/mol. The molecule has 0 radical (unpaired) electrons. The summed E-state index contributed by atoms with van der Waals surface area (Å²) in [6.45, 7) is 2.26. The zero-order valence-electron chi connectivity index (χ0n) is 11.8. The molecule has 0 aromatic carbocycles. The Bertz CT molecular complexity index is 624. The molecular formula is C14H21N5O. The van der Waals surface area contributed by atoms with Crippen molar-refractivity contribution in [1.29, 1.82) is 0 Å². The lowest BCUT2D eigenvalue weighted by molar-refractivity contribution is 0.318. The molecule has 1 aliphatic carbocycles. The molecule has 20 heavy (non-hydrogen) atoms. The number of nitrogens with zero attached hydrogens (tertiary/aromatic N) is 3. The van der Waals surface area contributed by atoms with Crippen LogP contribution in [0, 0.1) is 5.92 Å². The summed E-state index contributed by atoms with van der Waals surface area (Å²) in [5, 5.41) is 14.0. The highest BCUT2D eigenvalue weighted by Gasteiger charge is 2.20. The van der Waals surface area contributed by atoms with Gasteiger partial charge in [0.2, 0.25) is 0 Å². The van der Waals surface area contributed by atoms with Crippen LogP contribution in [-0.2, 0) is 0 Å². The fourth-order valence-corrected chi connectivity index (χ4v) is 3.09. The molecule has 0 atom stereocenters. The molecule has 2 heterocycles. The number of aromatic nitrogens is 4. The van der Waals surface area contributed by atoms with E-state index in [1.807, 2.05) is 6.07 Å². The quantitative estimate of drug-likeness (QED) is 0.897. The lowest BCUT2D eigenvalue weighted by Gasteiger charge is -2.29. The van der Waals surface area contributed by atoms with E-state index in [1.165, 1.54) is 43.0 Å². The largest absolute Gasteiger partial charge is 0.366 e. The van der Waals surface area contributed by atoms with Crippen LogP contribution < -0.4 is 11.0 Å². The normalized spacial score (nSPS) is 23.1. The summed E-state index contributed by atoms with van der Waals surface area (Å²) in [5.41, 5.74) is 0.252. The number of nitrogens with one attached hydrogen (secondary N) is 2. The Balaban J connectivity index is 1.65. The summed E-state index contributed by atoms with van der Waals surface area (Å²) in [7, 11) is 0. The molecule has 0 bridgehead atoms. The van der Waals surface area contributed by atoms with E-state index >= 15 is 0 Å². The predicted molar refractivity (Wildman–Crippen MR) is 77.9 cm³/mol. The summed E-state index contributed by atoms with van der Waals surface area (Å²) in [5.74, 6) is 1.64. The van der Waals surface area contributed by atoms with Gasteiger partial charge < -0.3 is 5.32 Å². The molecule has 0 spiro atoms. The maximum absolute atomic E-state index is 11.5. The molecule has 1 fully saturated rings. The van der Waals surface area contributed by atoms with Crippen molar-refractivity contribution in [2.45, 2.75) is 51.5 Å². The molecule has 2 aromatic heterocycles. The van der Waals surface area contributed by atoms with Crippen molar-refractivity contribution in [3.63, 3.8) is 0 Å². The monoisotopic (exact) mass is 275 g/mol. The van der Waals surface area contributed by atoms with Crippen LogP contribution in [0.25, 0.3) is 5.65 Å².